The Kier molecular flexibility index (Phi) is 5.02. The molecule has 2 aromatic heterocycles. The number of amides is 1. The van der Waals surface area contributed by atoms with Gasteiger partial charge in [0.1, 0.15) is 17.6 Å². The Labute approximate surface area is 181 Å². The minimum atomic E-state index is -4.61. The van der Waals surface area contributed by atoms with Gasteiger partial charge in [-0.25, -0.2) is 14.5 Å². The third-order valence-corrected chi connectivity index (χ3v) is 6.25. The van der Waals surface area contributed by atoms with Gasteiger partial charge in [-0.05, 0) is 43.4 Å². The second-order valence-corrected chi connectivity index (χ2v) is 8.35. The van der Waals surface area contributed by atoms with E-state index in [0.717, 1.165) is 25.3 Å². The Morgan fingerprint density at radius 1 is 1.12 bits per heavy atom. The van der Waals surface area contributed by atoms with Crippen LogP contribution in [-0.2, 0) is 23.9 Å². The van der Waals surface area contributed by atoms with Crippen molar-refractivity contribution in [3.05, 3.63) is 57.9 Å². The SMILES string of the molecule is O=C([C@H]1CCCc2nn(Cc3cc(C(F)(F)F)nc4ccccc34)c(=O)n21)N1CCCC1. The predicted octanol–water partition coefficient (Wildman–Crippen LogP) is 3.16. The molecule has 4 heterocycles. The van der Waals surface area contributed by atoms with Crippen LogP contribution in [0.25, 0.3) is 10.9 Å². The van der Waals surface area contributed by atoms with E-state index < -0.39 is 23.6 Å². The predicted molar refractivity (Wildman–Crippen MR) is 110 cm³/mol. The lowest BCUT2D eigenvalue weighted by molar-refractivity contribution is -0.141. The average Bonchev–Trinajstić information content (AvgIpc) is 3.41. The number of fused-ring (bicyclic) bond motifs is 2. The Morgan fingerprint density at radius 2 is 1.88 bits per heavy atom. The quantitative estimate of drug-likeness (QED) is 0.621. The van der Waals surface area contributed by atoms with Crippen molar-refractivity contribution in [3.8, 4) is 0 Å². The standard InChI is InChI=1S/C22H22F3N5O2/c23-22(24,25)18-12-14(15-6-1-2-7-16(15)26-18)13-29-21(32)30-17(8-5-9-19(30)27-29)20(31)28-10-3-4-11-28/h1-2,6-7,12,17H,3-5,8-11,13H2/t17-/m1/s1. The molecule has 0 radical (unpaired) electrons. The Morgan fingerprint density at radius 3 is 2.62 bits per heavy atom. The number of aryl methyl sites for hydroxylation is 1. The molecule has 0 saturated carbocycles. The maximum Gasteiger partial charge on any atom is 0.433 e. The largest absolute Gasteiger partial charge is 0.433 e. The molecule has 168 valence electrons. The molecule has 0 unspecified atom stereocenters. The van der Waals surface area contributed by atoms with Gasteiger partial charge in [-0.15, -0.1) is 0 Å². The molecule has 7 nitrogen and oxygen atoms in total. The molecule has 0 spiro atoms. The number of para-hydroxylation sites is 1. The van der Waals surface area contributed by atoms with Crippen molar-refractivity contribution < 1.29 is 18.0 Å². The van der Waals surface area contributed by atoms with E-state index in [4.69, 9.17) is 0 Å². The van der Waals surface area contributed by atoms with Crippen LogP contribution in [0.5, 0.6) is 0 Å². The van der Waals surface area contributed by atoms with Gasteiger partial charge in [-0.2, -0.15) is 18.3 Å². The second-order valence-electron chi connectivity index (χ2n) is 8.35. The highest BCUT2D eigenvalue weighted by Gasteiger charge is 2.35. The Balaban J connectivity index is 1.55. The molecule has 10 heteroatoms. The topological polar surface area (TPSA) is 73.0 Å². The first-order valence-corrected chi connectivity index (χ1v) is 10.8. The lowest BCUT2D eigenvalue weighted by Gasteiger charge is -2.27. The van der Waals surface area contributed by atoms with E-state index in [2.05, 4.69) is 10.1 Å². The first-order valence-electron chi connectivity index (χ1n) is 10.8. The summed E-state index contributed by atoms with van der Waals surface area (Å²) < 4.78 is 42.8. The van der Waals surface area contributed by atoms with Crippen LogP contribution < -0.4 is 5.69 Å². The van der Waals surface area contributed by atoms with E-state index in [9.17, 15) is 22.8 Å². The van der Waals surface area contributed by atoms with E-state index in [0.29, 0.717) is 42.7 Å². The zero-order chi connectivity index (χ0) is 22.5. The number of rotatable bonds is 3. The number of benzene rings is 1. The van der Waals surface area contributed by atoms with E-state index in [1.807, 2.05) is 0 Å². The summed E-state index contributed by atoms with van der Waals surface area (Å²) >= 11 is 0. The summed E-state index contributed by atoms with van der Waals surface area (Å²) in [5.41, 5.74) is -0.962. The van der Waals surface area contributed by atoms with Gasteiger partial charge in [-0.3, -0.25) is 9.36 Å². The van der Waals surface area contributed by atoms with E-state index in [1.165, 1.54) is 15.3 Å². The minimum absolute atomic E-state index is 0.0705. The molecule has 5 rings (SSSR count). The number of aromatic nitrogens is 4. The van der Waals surface area contributed by atoms with Crippen LogP contribution in [0, 0.1) is 0 Å². The number of carbonyl (C=O) groups excluding carboxylic acids is 1. The molecule has 0 bridgehead atoms. The van der Waals surface area contributed by atoms with Gasteiger partial charge in [0.05, 0.1) is 12.1 Å². The molecule has 3 aromatic rings. The smallest absolute Gasteiger partial charge is 0.341 e. The van der Waals surface area contributed by atoms with Gasteiger partial charge in [0, 0.05) is 24.9 Å². The van der Waals surface area contributed by atoms with Crippen molar-refractivity contribution in [1.29, 1.82) is 0 Å². The maximum atomic E-state index is 13.4. The van der Waals surface area contributed by atoms with Crippen molar-refractivity contribution in [3.63, 3.8) is 0 Å². The van der Waals surface area contributed by atoms with Gasteiger partial charge in [0.15, 0.2) is 0 Å². The Bertz CT molecular complexity index is 1240. The molecule has 0 aliphatic carbocycles. The zero-order valence-corrected chi connectivity index (χ0v) is 17.3. The summed E-state index contributed by atoms with van der Waals surface area (Å²) in [6.45, 7) is 1.25. The fourth-order valence-electron chi connectivity index (χ4n) is 4.70. The highest BCUT2D eigenvalue weighted by molar-refractivity contribution is 5.82. The van der Waals surface area contributed by atoms with E-state index >= 15 is 0 Å². The Hall–Kier alpha value is -3.17. The molecule has 1 fully saturated rings. The molecule has 2 aliphatic heterocycles. The monoisotopic (exact) mass is 445 g/mol. The number of alkyl halides is 3. The zero-order valence-electron chi connectivity index (χ0n) is 17.3. The summed E-state index contributed by atoms with van der Waals surface area (Å²) in [5, 5.41) is 4.93. The minimum Gasteiger partial charge on any atom is -0.341 e. The highest BCUT2D eigenvalue weighted by Crippen LogP contribution is 2.31. The van der Waals surface area contributed by atoms with Crippen LogP contribution in [0.1, 0.15) is 48.8 Å². The fourth-order valence-corrected chi connectivity index (χ4v) is 4.70. The van der Waals surface area contributed by atoms with Crippen molar-refractivity contribution in [1.82, 2.24) is 24.2 Å². The van der Waals surface area contributed by atoms with Gasteiger partial charge >= 0.3 is 11.9 Å². The van der Waals surface area contributed by atoms with Gasteiger partial charge in [-0.1, -0.05) is 18.2 Å². The number of halogens is 3. The van der Waals surface area contributed by atoms with Crippen LogP contribution in [0.3, 0.4) is 0 Å². The van der Waals surface area contributed by atoms with Gasteiger partial charge in [0.25, 0.3) is 0 Å². The molecular weight excluding hydrogens is 423 g/mol. The second kappa shape index (κ2) is 7.75. The van der Waals surface area contributed by atoms with Crippen LogP contribution in [0.2, 0.25) is 0 Å². The molecule has 1 atom stereocenters. The molecule has 32 heavy (non-hydrogen) atoms. The number of nitrogens with zero attached hydrogens (tertiary/aromatic N) is 5. The molecule has 1 aromatic carbocycles. The van der Waals surface area contributed by atoms with Crippen molar-refractivity contribution >= 4 is 16.8 Å². The number of likely N-dealkylation sites (tertiary alicyclic amines) is 1. The summed E-state index contributed by atoms with van der Waals surface area (Å²) in [7, 11) is 0. The number of carbonyl (C=O) groups is 1. The first-order chi connectivity index (χ1) is 15.3. The average molecular weight is 445 g/mol. The number of pyridine rings is 1. The molecular formula is C22H22F3N5O2. The van der Waals surface area contributed by atoms with Gasteiger partial charge < -0.3 is 4.90 Å². The van der Waals surface area contributed by atoms with Gasteiger partial charge in [0.2, 0.25) is 5.91 Å². The number of hydrogen-bond acceptors (Lipinski definition) is 4. The van der Waals surface area contributed by atoms with Crippen LogP contribution >= 0.6 is 0 Å². The van der Waals surface area contributed by atoms with Crippen LogP contribution in [0.15, 0.2) is 35.1 Å². The molecule has 1 saturated heterocycles. The molecule has 2 aliphatic rings. The lowest BCUT2D eigenvalue weighted by Crippen LogP contribution is -2.41. The van der Waals surface area contributed by atoms with Crippen molar-refractivity contribution in [2.24, 2.45) is 0 Å². The first kappa shape index (κ1) is 20.7. The molecule has 0 N–H and O–H groups in total. The van der Waals surface area contributed by atoms with Crippen LogP contribution in [0.4, 0.5) is 13.2 Å². The number of hydrogen-bond donors (Lipinski definition) is 0. The van der Waals surface area contributed by atoms with Crippen molar-refractivity contribution in [2.75, 3.05) is 13.1 Å². The van der Waals surface area contributed by atoms with E-state index in [1.54, 1.807) is 23.1 Å². The third kappa shape index (κ3) is 3.57. The van der Waals surface area contributed by atoms with E-state index in [-0.39, 0.29) is 18.0 Å². The molecule has 1 amide bonds. The fraction of sp³-hybridized carbons (Fsp3) is 0.455. The van der Waals surface area contributed by atoms with Crippen molar-refractivity contribution in [2.45, 2.75) is 50.9 Å². The highest BCUT2D eigenvalue weighted by atomic mass is 19.4. The third-order valence-electron chi connectivity index (χ3n) is 6.25. The summed E-state index contributed by atoms with van der Waals surface area (Å²) in [5.74, 6) is 0.437. The maximum absolute atomic E-state index is 13.4. The normalized spacial score (nSPS) is 18.8. The van der Waals surface area contributed by atoms with Crippen LogP contribution in [-0.4, -0.2) is 43.2 Å². The summed E-state index contributed by atoms with van der Waals surface area (Å²) in [6, 6.07) is 6.90. The summed E-state index contributed by atoms with van der Waals surface area (Å²) in [4.78, 5) is 31.7. The lowest BCUT2D eigenvalue weighted by atomic mass is 10.0. The summed E-state index contributed by atoms with van der Waals surface area (Å²) in [6.07, 6.45) is -0.852.